The fourth-order valence-electron chi connectivity index (χ4n) is 4.76. The Balaban J connectivity index is 1.37. The molecule has 1 atom stereocenters. The van der Waals surface area contributed by atoms with E-state index in [-0.39, 0.29) is 29.8 Å². The molecule has 2 N–H and O–H groups in total. The lowest BCUT2D eigenvalue weighted by Gasteiger charge is -2.39. The van der Waals surface area contributed by atoms with Crippen molar-refractivity contribution in [2.45, 2.75) is 51.7 Å². The van der Waals surface area contributed by atoms with Crippen LogP contribution in [0.5, 0.6) is 0 Å². The van der Waals surface area contributed by atoms with Crippen LogP contribution >= 0.6 is 0 Å². The molecule has 2 fully saturated rings. The summed E-state index contributed by atoms with van der Waals surface area (Å²) in [5.74, 6) is 0.00517. The number of carbonyl (C=O) groups is 2. The first kappa shape index (κ1) is 26.2. The molecule has 2 saturated heterocycles. The Morgan fingerprint density at radius 3 is 2.61 bits per heavy atom. The number of carbonyl (C=O) groups excluding carboxylic acids is 2. The zero-order chi connectivity index (χ0) is 25.7. The van der Waals surface area contributed by atoms with Gasteiger partial charge in [0.2, 0.25) is 11.8 Å². The SMILES string of the molecule is CC[C@H](C)C(=O)N1CCC(O)(Cn2cnc3cc(NC(=O)CCN4CCOCC4)ccc3c2=O)CC1. The van der Waals surface area contributed by atoms with Crippen LogP contribution in [0.3, 0.4) is 0 Å². The van der Waals surface area contributed by atoms with E-state index < -0.39 is 5.60 Å². The van der Waals surface area contributed by atoms with Gasteiger partial charge in [0, 0.05) is 50.7 Å². The normalized spacial score (nSPS) is 19.2. The molecule has 1 aromatic carbocycles. The predicted octanol–water partition coefficient (Wildman–Crippen LogP) is 1.46. The third-order valence-electron chi connectivity index (χ3n) is 7.37. The number of benzene rings is 1. The first-order valence-corrected chi connectivity index (χ1v) is 12.9. The molecule has 0 radical (unpaired) electrons. The van der Waals surface area contributed by atoms with Gasteiger partial charge in [0.1, 0.15) is 0 Å². The predicted molar refractivity (Wildman–Crippen MR) is 137 cm³/mol. The molecule has 0 spiro atoms. The van der Waals surface area contributed by atoms with Crippen LogP contribution in [0, 0.1) is 5.92 Å². The number of amides is 2. The lowest BCUT2D eigenvalue weighted by atomic mass is 9.90. The maximum absolute atomic E-state index is 13.1. The lowest BCUT2D eigenvalue weighted by molar-refractivity contribution is -0.139. The fraction of sp³-hybridized carbons (Fsp3) is 0.615. The van der Waals surface area contributed by atoms with Gasteiger partial charge >= 0.3 is 0 Å². The van der Waals surface area contributed by atoms with Crippen molar-refractivity contribution < 1.29 is 19.4 Å². The maximum Gasteiger partial charge on any atom is 0.261 e. The van der Waals surface area contributed by atoms with Crippen molar-refractivity contribution in [2.24, 2.45) is 5.92 Å². The molecule has 2 aliphatic heterocycles. The van der Waals surface area contributed by atoms with Crippen molar-refractivity contribution in [2.75, 3.05) is 51.3 Å². The number of aliphatic hydroxyl groups is 1. The number of morpholine rings is 1. The molecular formula is C26H37N5O5. The van der Waals surface area contributed by atoms with E-state index in [4.69, 9.17) is 4.74 Å². The average molecular weight is 500 g/mol. The number of nitrogens with zero attached hydrogens (tertiary/aromatic N) is 4. The largest absolute Gasteiger partial charge is 0.388 e. The van der Waals surface area contributed by atoms with E-state index in [0.717, 1.165) is 19.5 Å². The Morgan fingerprint density at radius 1 is 1.19 bits per heavy atom. The number of ether oxygens (including phenoxy) is 1. The Kier molecular flexibility index (Phi) is 8.38. The number of nitrogens with one attached hydrogen (secondary N) is 1. The lowest BCUT2D eigenvalue weighted by Crippen LogP contribution is -2.50. The molecule has 3 heterocycles. The number of hydrogen-bond acceptors (Lipinski definition) is 7. The first-order chi connectivity index (χ1) is 17.3. The summed E-state index contributed by atoms with van der Waals surface area (Å²) in [4.78, 5) is 46.4. The van der Waals surface area contributed by atoms with E-state index in [2.05, 4.69) is 15.2 Å². The summed E-state index contributed by atoms with van der Waals surface area (Å²) in [6.45, 7) is 8.74. The van der Waals surface area contributed by atoms with Crippen molar-refractivity contribution in [1.29, 1.82) is 0 Å². The van der Waals surface area contributed by atoms with E-state index in [1.165, 1.54) is 10.9 Å². The Bertz CT molecular complexity index is 1140. The minimum Gasteiger partial charge on any atom is -0.388 e. The van der Waals surface area contributed by atoms with Gasteiger partial charge in [0.15, 0.2) is 0 Å². The van der Waals surface area contributed by atoms with Crippen molar-refractivity contribution in [3.8, 4) is 0 Å². The summed E-state index contributed by atoms with van der Waals surface area (Å²) < 4.78 is 6.77. The second-order valence-electron chi connectivity index (χ2n) is 10.0. The Labute approximate surface area is 211 Å². The van der Waals surface area contributed by atoms with Gasteiger partial charge in [-0.05, 0) is 37.5 Å². The van der Waals surface area contributed by atoms with Gasteiger partial charge in [-0.2, -0.15) is 0 Å². The fourth-order valence-corrected chi connectivity index (χ4v) is 4.76. The Hall–Kier alpha value is -2.82. The number of piperidine rings is 1. The van der Waals surface area contributed by atoms with Gasteiger partial charge in [-0.1, -0.05) is 13.8 Å². The van der Waals surface area contributed by atoms with Crippen molar-refractivity contribution in [3.63, 3.8) is 0 Å². The molecule has 2 amide bonds. The van der Waals surface area contributed by atoms with Gasteiger partial charge in [0.05, 0.1) is 42.6 Å². The molecule has 1 aromatic heterocycles. The number of likely N-dealkylation sites (tertiary alicyclic amines) is 1. The van der Waals surface area contributed by atoms with Crippen LogP contribution in [0.25, 0.3) is 10.9 Å². The smallest absolute Gasteiger partial charge is 0.261 e. The van der Waals surface area contributed by atoms with Crippen molar-refractivity contribution >= 4 is 28.4 Å². The molecule has 10 nitrogen and oxygen atoms in total. The number of rotatable bonds is 8. The molecule has 10 heteroatoms. The van der Waals surface area contributed by atoms with Gasteiger partial charge in [-0.15, -0.1) is 0 Å². The van der Waals surface area contributed by atoms with E-state index in [1.807, 2.05) is 13.8 Å². The summed E-state index contributed by atoms with van der Waals surface area (Å²) in [6.07, 6.45) is 3.44. The average Bonchev–Trinajstić information content (AvgIpc) is 2.89. The minimum absolute atomic E-state index is 0.0251. The third kappa shape index (κ3) is 6.29. The molecule has 2 aromatic rings. The monoisotopic (exact) mass is 499 g/mol. The summed E-state index contributed by atoms with van der Waals surface area (Å²) in [5.41, 5.74) is -0.226. The Morgan fingerprint density at radius 2 is 1.92 bits per heavy atom. The van der Waals surface area contributed by atoms with E-state index in [9.17, 15) is 19.5 Å². The van der Waals surface area contributed by atoms with Crippen LogP contribution in [0.2, 0.25) is 0 Å². The molecule has 36 heavy (non-hydrogen) atoms. The van der Waals surface area contributed by atoms with Crippen LogP contribution in [0.1, 0.15) is 39.5 Å². The van der Waals surface area contributed by atoms with E-state index in [0.29, 0.717) is 68.7 Å². The highest BCUT2D eigenvalue weighted by atomic mass is 16.5. The summed E-state index contributed by atoms with van der Waals surface area (Å²) in [6, 6.07) is 5.06. The molecule has 0 bridgehead atoms. The zero-order valence-electron chi connectivity index (χ0n) is 21.2. The van der Waals surface area contributed by atoms with Crippen LogP contribution in [0.4, 0.5) is 5.69 Å². The number of aromatic nitrogens is 2. The number of fused-ring (bicyclic) bond motifs is 1. The summed E-state index contributed by atoms with van der Waals surface area (Å²) in [7, 11) is 0. The molecule has 2 aliphatic rings. The van der Waals surface area contributed by atoms with Gasteiger partial charge in [0.25, 0.3) is 5.56 Å². The first-order valence-electron chi connectivity index (χ1n) is 12.9. The van der Waals surface area contributed by atoms with Crippen LogP contribution in [0.15, 0.2) is 29.3 Å². The second kappa shape index (κ2) is 11.5. The minimum atomic E-state index is -1.07. The molecule has 196 valence electrons. The molecule has 0 aliphatic carbocycles. The summed E-state index contributed by atoms with van der Waals surface area (Å²) in [5, 5.41) is 14.4. The summed E-state index contributed by atoms with van der Waals surface area (Å²) >= 11 is 0. The van der Waals surface area contributed by atoms with E-state index in [1.54, 1.807) is 23.1 Å². The van der Waals surface area contributed by atoms with E-state index >= 15 is 0 Å². The highest BCUT2D eigenvalue weighted by Crippen LogP contribution is 2.25. The van der Waals surface area contributed by atoms with Crippen LogP contribution in [-0.4, -0.2) is 87.8 Å². The van der Waals surface area contributed by atoms with Gasteiger partial charge in [-0.25, -0.2) is 4.98 Å². The number of anilines is 1. The zero-order valence-corrected chi connectivity index (χ0v) is 21.2. The van der Waals surface area contributed by atoms with Crippen LogP contribution in [-0.2, 0) is 20.9 Å². The highest BCUT2D eigenvalue weighted by molar-refractivity contribution is 5.93. The molecule has 4 rings (SSSR count). The van der Waals surface area contributed by atoms with Crippen molar-refractivity contribution in [3.05, 3.63) is 34.9 Å². The van der Waals surface area contributed by atoms with Crippen LogP contribution < -0.4 is 10.9 Å². The topological polar surface area (TPSA) is 117 Å². The molecule has 0 saturated carbocycles. The molecular weight excluding hydrogens is 462 g/mol. The third-order valence-corrected chi connectivity index (χ3v) is 7.37. The van der Waals surface area contributed by atoms with Gasteiger partial charge in [-0.3, -0.25) is 23.9 Å². The highest BCUT2D eigenvalue weighted by Gasteiger charge is 2.35. The van der Waals surface area contributed by atoms with Crippen molar-refractivity contribution in [1.82, 2.24) is 19.4 Å². The molecule has 0 unspecified atom stereocenters. The quantitative estimate of drug-likeness (QED) is 0.565. The number of hydrogen-bond donors (Lipinski definition) is 2. The standard InChI is InChI=1S/C26H37N5O5/c1-3-19(2)24(33)30-10-7-26(35,8-11-30)17-31-18-27-22-16-20(4-5-21(22)25(31)34)28-23(32)6-9-29-12-14-36-15-13-29/h4-5,16,18-19,35H,3,6-15,17H2,1-2H3,(H,28,32)/t19-/m0/s1. The van der Waals surface area contributed by atoms with Gasteiger partial charge < -0.3 is 20.1 Å². The maximum atomic E-state index is 13.1. The second-order valence-corrected chi connectivity index (χ2v) is 10.0.